The maximum absolute atomic E-state index is 12.5. The molecule has 0 saturated heterocycles. The standard InChI is InChI=1S/C19H18ClNO3/c1-23-12-16-15-7-2-3-8-17(15)24-18(16)19(22)21-10-9-13-5-4-6-14(20)11-13/h2-8,11H,9-10,12H2,1H3,(H,21,22). The molecule has 124 valence electrons. The highest BCUT2D eigenvalue weighted by molar-refractivity contribution is 6.30. The molecule has 0 bridgehead atoms. The van der Waals surface area contributed by atoms with Gasteiger partial charge >= 0.3 is 0 Å². The zero-order valence-electron chi connectivity index (χ0n) is 13.3. The molecular weight excluding hydrogens is 326 g/mol. The molecule has 0 spiro atoms. The van der Waals surface area contributed by atoms with Gasteiger partial charge in [0.05, 0.1) is 6.61 Å². The highest BCUT2D eigenvalue weighted by atomic mass is 35.5. The molecule has 3 aromatic rings. The minimum atomic E-state index is -0.236. The van der Waals surface area contributed by atoms with Crippen LogP contribution in [0.1, 0.15) is 21.7 Å². The number of ether oxygens (including phenoxy) is 1. The maximum Gasteiger partial charge on any atom is 0.287 e. The van der Waals surface area contributed by atoms with Crippen LogP contribution in [0.15, 0.2) is 52.9 Å². The van der Waals surface area contributed by atoms with E-state index in [4.69, 9.17) is 20.8 Å². The van der Waals surface area contributed by atoms with Crippen molar-refractivity contribution in [2.45, 2.75) is 13.0 Å². The van der Waals surface area contributed by atoms with Gasteiger partial charge in [-0.3, -0.25) is 4.79 Å². The lowest BCUT2D eigenvalue weighted by molar-refractivity contribution is 0.0922. The first-order valence-corrected chi connectivity index (χ1v) is 8.09. The predicted octanol–water partition coefficient (Wildman–Crippen LogP) is 4.21. The first kappa shape index (κ1) is 16.6. The Balaban J connectivity index is 1.72. The number of hydrogen-bond donors (Lipinski definition) is 1. The molecule has 1 amide bonds. The average Bonchev–Trinajstić information content (AvgIpc) is 2.94. The fraction of sp³-hybridized carbons (Fsp3) is 0.211. The molecule has 24 heavy (non-hydrogen) atoms. The van der Waals surface area contributed by atoms with Gasteiger partial charge in [0, 0.05) is 29.6 Å². The second-order valence-electron chi connectivity index (χ2n) is 5.47. The lowest BCUT2D eigenvalue weighted by Gasteiger charge is -2.06. The van der Waals surface area contributed by atoms with Gasteiger partial charge in [-0.05, 0) is 30.2 Å². The van der Waals surface area contributed by atoms with Crippen molar-refractivity contribution in [2.75, 3.05) is 13.7 Å². The van der Waals surface area contributed by atoms with Crippen LogP contribution in [-0.4, -0.2) is 19.6 Å². The van der Waals surface area contributed by atoms with Crippen molar-refractivity contribution in [3.8, 4) is 0 Å². The molecule has 0 fully saturated rings. The molecule has 1 N–H and O–H groups in total. The van der Waals surface area contributed by atoms with Gasteiger partial charge in [-0.1, -0.05) is 41.9 Å². The molecule has 0 unspecified atom stereocenters. The van der Waals surface area contributed by atoms with E-state index in [2.05, 4.69) is 5.32 Å². The summed E-state index contributed by atoms with van der Waals surface area (Å²) in [5.41, 5.74) is 2.53. The van der Waals surface area contributed by atoms with Gasteiger partial charge in [0.2, 0.25) is 0 Å². The van der Waals surface area contributed by atoms with Crippen molar-refractivity contribution in [1.82, 2.24) is 5.32 Å². The molecule has 1 heterocycles. The molecule has 5 heteroatoms. The fourth-order valence-corrected chi connectivity index (χ4v) is 2.88. The van der Waals surface area contributed by atoms with Gasteiger partial charge in [-0.15, -0.1) is 0 Å². The summed E-state index contributed by atoms with van der Waals surface area (Å²) < 4.78 is 10.9. The molecule has 0 saturated carbocycles. The number of carbonyl (C=O) groups is 1. The summed E-state index contributed by atoms with van der Waals surface area (Å²) in [4.78, 5) is 12.5. The number of carbonyl (C=O) groups excluding carboxylic acids is 1. The quantitative estimate of drug-likeness (QED) is 0.729. The summed E-state index contributed by atoms with van der Waals surface area (Å²) in [6.07, 6.45) is 0.701. The highest BCUT2D eigenvalue weighted by Crippen LogP contribution is 2.26. The minimum absolute atomic E-state index is 0.236. The smallest absolute Gasteiger partial charge is 0.287 e. The first-order chi connectivity index (χ1) is 11.7. The zero-order valence-corrected chi connectivity index (χ0v) is 14.1. The van der Waals surface area contributed by atoms with Crippen LogP contribution < -0.4 is 5.32 Å². The minimum Gasteiger partial charge on any atom is -0.451 e. The Bertz CT molecular complexity index is 857. The summed E-state index contributed by atoms with van der Waals surface area (Å²) in [5.74, 6) is 0.0735. The third-order valence-corrected chi connectivity index (χ3v) is 4.02. The van der Waals surface area contributed by atoms with Crippen molar-refractivity contribution in [3.63, 3.8) is 0 Å². The maximum atomic E-state index is 12.5. The highest BCUT2D eigenvalue weighted by Gasteiger charge is 2.19. The van der Waals surface area contributed by atoms with Crippen molar-refractivity contribution in [1.29, 1.82) is 0 Å². The topological polar surface area (TPSA) is 51.5 Å². The third kappa shape index (κ3) is 3.61. The number of para-hydroxylation sites is 1. The van der Waals surface area contributed by atoms with E-state index in [-0.39, 0.29) is 5.91 Å². The van der Waals surface area contributed by atoms with E-state index in [0.29, 0.717) is 35.9 Å². The normalized spacial score (nSPS) is 10.9. The number of hydrogen-bond acceptors (Lipinski definition) is 3. The van der Waals surface area contributed by atoms with Crippen molar-refractivity contribution in [3.05, 3.63) is 70.4 Å². The van der Waals surface area contributed by atoms with Crippen LogP contribution in [0.5, 0.6) is 0 Å². The van der Waals surface area contributed by atoms with Crippen LogP contribution in [0, 0.1) is 0 Å². The summed E-state index contributed by atoms with van der Waals surface area (Å²) in [5, 5.41) is 4.49. The molecule has 0 atom stereocenters. The molecule has 1 aromatic heterocycles. The number of methoxy groups -OCH3 is 1. The van der Waals surface area contributed by atoms with Gasteiger partial charge in [-0.25, -0.2) is 0 Å². The number of rotatable bonds is 6. The predicted molar refractivity (Wildman–Crippen MR) is 94.4 cm³/mol. The number of fused-ring (bicyclic) bond motifs is 1. The second-order valence-corrected chi connectivity index (χ2v) is 5.91. The van der Waals surface area contributed by atoms with Crippen LogP contribution in [0.25, 0.3) is 11.0 Å². The lowest BCUT2D eigenvalue weighted by Crippen LogP contribution is -2.26. The largest absolute Gasteiger partial charge is 0.451 e. The molecular formula is C19H18ClNO3. The van der Waals surface area contributed by atoms with Crippen molar-refractivity contribution in [2.24, 2.45) is 0 Å². The first-order valence-electron chi connectivity index (χ1n) is 7.71. The molecule has 0 radical (unpaired) electrons. The second kappa shape index (κ2) is 7.51. The Morgan fingerprint density at radius 1 is 1.21 bits per heavy atom. The molecule has 3 rings (SSSR count). The molecule has 0 aliphatic rings. The van der Waals surface area contributed by atoms with E-state index in [0.717, 1.165) is 16.5 Å². The van der Waals surface area contributed by atoms with Gasteiger partial charge in [0.15, 0.2) is 5.76 Å². The van der Waals surface area contributed by atoms with E-state index in [1.807, 2.05) is 48.5 Å². The zero-order chi connectivity index (χ0) is 16.9. The van der Waals surface area contributed by atoms with E-state index in [1.54, 1.807) is 7.11 Å². The molecule has 0 aliphatic carbocycles. The van der Waals surface area contributed by atoms with Crippen LogP contribution in [0.2, 0.25) is 5.02 Å². The average molecular weight is 344 g/mol. The van der Waals surface area contributed by atoms with Crippen LogP contribution >= 0.6 is 11.6 Å². The van der Waals surface area contributed by atoms with Crippen LogP contribution in [0.3, 0.4) is 0 Å². The van der Waals surface area contributed by atoms with Gasteiger partial charge in [0.1, 0.15) is 5.58 Å². The number of benzene rings is 2. The van der Waals surface area contributed by atoms with Gasteiger partial charge in [0.25, 0.3) is 5.91 Å². The van der Waals surface area contributed by atoms with Crippen LogP contribution in [-0.2, 0) is 17.8 Å². The van der Waals surface area contributed by atoms with Crippen molar-refractivity contribution >= 4 is 28.5 Å². The van der Waals surface area contributed by atoms with Gasteiger partial charge < -0.3 is 14.5 Å². The molecule has 4 nitrogen and oxygen atoms in total. The van der Waals surface area contributed by atoms with E-state index >= 15 is 0 Å². The number of halogens is 1. The number of nitrogens with one attached hydrogen (secondary N) is 1. The van der Waals surface area contributed by atoms with Crippen molar-refractivity contribution < 1.29 is 13.9 Å². The van der Waals surface area contributed by atoms with E-state index in [1.165, 1.54) is 0 Å². The molecule has 0 aliphatic heterocycles. The Hall–Kier alpha value is -2.30. The van der Waals surface area contributed by atoms with E-state index in [9.17, 15) is 4.79 Å². The summed E-state index contributed by atoms with van der Waals surface area (Å²) in [7, 11) is 1.60. The number of amides is 1. The fourth-order valence-electron chi connectivity index (χ4n) is 2.66. The third-order valence-electron chi connectivity index (χ3n) is 3.78. The van der Waals surface area contributed by atoms with E-state index < -0.39 is 0 Å². The Morgan fingerprint density at radius 3 is 2.83 bits per heavy atom. The summed E-state index contributed by atoms with van der Waals surface area (Å²) >= 11 is 5.97. The Kier molecular flexibility index (Phi) is 5.18. The Morgan fingerprint density at radius 2 is 2.04 bits per heavy atom. The van der Waals surface area contributed by atoms with Gasteiger partial charge in [-0.2, -0.15) is 0 Å². The summed E-state index contributed by atoms with van der Waals surface area (Å²) in [6.45, 7) is 0.830. The number of furan rings is 1. The summed E-state index contributed by atoms with van der Waals surface area (Å²) in [6, 6.07) is 15.2. The Labute approximate surface area is 145 Å². The molecule has 2 aromatic carbocycles. The van der Waals surface area contributed by atoms with Crippen LogP contribution in [0.4, 0.5) is 0 Å². The lowest BCUT2D eigenvalue weighted by atomic mass is 10.1. The monoisotopic (exact) mass is 343 g/mol. The SMILES string of the molecule is COCc1c(C(=O)NCCc2cccc(Cl)c2)oc2ccccc12.